The molecule has 0 bridgehead atoms. The average Bonchev–Trinajstić information content (AvgIpc) is 2.78. The van der Waals surface area contributed by atoms with Gasteiger partial charge < -0.3 is 5.73 Å². The number of aryl methyl sites for hydroxylation is 2. The lowest BCUT2D eigenvalue weighted by Gasteiger charge is -2.08. The van der Waals surface area contributed by atoms with Crippen LogP contribution in [0.15, 0.2) is 0 Å². The number of nitrogens with two attached hydrogens (primary N) is 1. The fraction of sp³-hybridized carbons (Fsp3) is 0.700. The van der Waals surface area contributed by atoms with Gasteiger partial charge in [0.15, 0.2) is 0 Å². The van der Waals surface area contributed by atoms with E-state index >= 15 is 0 Å². The van der Waals surface area contributed by atoms with Crippen molar-refractivity contribution in [3.8, 4) is 0 Å². The average molecular weight is 196 g/mol. The zero-order valence-corrected chi connectivity index (χ0v) is 9.08. The van der Waals surface area contributed by atoms with E-state index in [9.17, 15) is 0 Å². The van der Waals surface area contributed by atoms with Gasteiger partial charge in [0.1, 0.15) is 0 Å². The summed E-state index contributed by atoms with van der Waals surface area (Å²) >= 11 is 1.86. The van der Waals surface area contributed by atoms with Crippen molar-refractivity contribution in [3.05, 3.63) is 15.6 Å². The van der Waals surface area contributed by atoms with E-state index in [1.165, 1.54) is 28.4 Å². The molecule has 13 heavy (non-hydrogen) atoms. The first-order valence-corrected chi connectivity index (χ1v) is 5.64. The highest BCUT2D eigenvalue weighted by Crippen LogP contribution is 2.52. The SMILES string of the molecule is Cc1nc(C2(CCN)CC2)sc1C. The molecule has 1 fully saturated rings. The third-order valence-electron chi connectivity index (χ3n) is 2.96. The van der Waals surface area contributed by atoms with E-state index in [1.807, 2.05) is 11.3 Å². The zero-order valence-electron chi connectivity index (χ0n) is 8.26. The van der Waals surface area contributed by atoms with Crippen LogP contribution >= 0.6 is 11.3 Å². The molecule has 2 rings (SSSR count). The highest BCUT2D eigenvalue weighted by atomic mass is 32.1. The minimum absolute atomic E-state index is 0.387. The smallest absolute Gasteiger partial charge is 0.0993 e. The molecule has 0 saturated heterocycles. The summed E-state index contributed by atoms with van der Waals surface area (Å²) in [5.41, 5.74) is 7.20. The minimum Gasteiger partial charge on any atom is -0.330 e. The maximum Gasteiger partial charge on any atom is 0.0993 e. The van der Waals surface area contributed by atoms with Gasteiger partial charge in [-0.05, 0) is 39.7 Å². The van der Waals surface area contributed by atoms with Crippen molar-refractivity contribution >= 4 is 11.3 Å². The van der Waals surface area contributed by atoms with Crippen LogP contribution in [-0.4, -0.2) is 11.5 Å². The summed E-state index contributed by atoms with van der Waals surface area (Å²) in [6, 6.07) is 0. The normalized spacial score (nSPS) is 19.0. The van der Waals surface area contributed by atoms with Gasteiger partial charge in [0.2, 0.25) is 0 Å². The van der Waals surface area contributed by atoms with E-state index in [-0.39, 0.29) is 0 Å². The van der Waals surface area contributed by atoms with Gasteiger partial charge in [0, 0.05) is 10.3 Å². The first-order chi connectivity index (χ1) is 6.18. The van der Waals surface area contributed by atoms with Crippen LogP contribution in [0.25, 0.3) is 0 Å². The molecule has 0 spiro atoms. The van der Waals surface area contributed by atoms with E-state index in [4.69, 9.17) is 5.73 Å². The van der Waals surface area contributed by atoms with Gasteiger partial charge in [-0.15, -0.1) is 11.3 Å². The molecule has 1 aromatic rings. The van der Waals surface area contributed by atoms with Crippen LogP contribution in [0.2, 0.25) is 0 Å². The molecule has 1 aliphatic carbocycles. The molecular weight excluding hydrogens is 180 g/mol. The largest absolute Gasteiger partial charge is 0.330 e. The Morgan fingerprint density at radius 1 is 1.46 bits per heavy atom. The van der Waals surface area contributed by atoms with E-state index in [0.29, 0.717) is 5.41 Å². The van der Waals surface area contributed by atoms with E-state index in [0.717, 1.165) is 13.0 Å². The van der Waals surface area contributed by atoms with E-state index in [2.05, 4.69) is 18.8 Å². The van der Waals surface area contributed by atoms with Crippen molar-refractivity contribution in [1.29, 1.82) is 0 Å². The van der Waals surface area contributed by atoms with E-state index in [1.54, 1.807) is 0 Å². The van der Waals surface area contributed by atoms with Gasteiger partial charge in [-0.3, -0.25) is 0 Å². The third kappa shape index (κ3) is 1.51. The summed E-state index contributed by atoms with van der Waals surface area (Å²) in [5, 5.41) is 1.33. The lowest BCUT2D eigenvalue weighted by atomic mass is 10.0. The quantitative estimate of drug-likeness (QED) is 0.804. The molecule has 0 radical (unpaired) electrons. The molecule has 1 saturated carbocycles. The van der Waals surface area contributed by atoms with Crippen molar-refractivity contribution in [1.82, 2.24) is 4.98 Å². The van der Waals surface area contributed by atoms with Gasteiger partial charge in [-0.1, -0.05) is 0 Å². The van der Waals surface area contributed by atoms with Crippen molar-refractivity contribution in [2.24, 2.45) is 5.73 Å². The van der Waals surface area contributed by atoms with Gasteiger partial charge >= 0.3 is 0 Å². The Morgan fingerprint density at radius 3 is 2.54 bits per heavy atom. The number of aromatic nitrogens is 1. The van der Waals surface area contributed by atoms with Gasteiger partial charge in [0.25, 0.3) is 0 Å². The topological polar surface area (TPSA) is 38.9 Å². The van der Waals surface area contributed by atoms with Crippen LogP contribution in [0.5, 0.6) is 0 Å². The maximum atomic E-state index is 5.61. The number of hydrogen-bond donors (Lipinski definition) is 1. The molecule has 0 aromatic carbocycles. The Bertz CT molecular complexity index is 293. The lowest BCUT2D eigenvalue weighted by Crippen LogP contribution is -2.13. The second-order valence-corrected chi connectivity index (χ2v) is 5.18. The van der Waals surface area contributed by atoms with Gasteiger partial charge in [-0.2, -0.15) is 0 Å². The van der Waals surface area contributed by atoms with Crippen LogP contribution in [0.3, 0.4) is 0 Å². The molecule has 72 valence electrons. The summed E-state index contributed by atoms with van der Waals surface area (Å²) in [4.78, 5) is 5.99. The summed E-state index contributed by atoms with van der Waals surface area (Å²) < 4.78 is 0. The van der Waals surface area contributed by atoms with Crippen LogP contribution in [-0.2, 0) is 5.41 Å². The summed E-state index contributed by atoms with van der Waals surface area (Å²) in [6.45, 7) is 5.03. The molecule has 0 aliphatic heterocycles. The Morgan fingerprint density at radius 2 is 2.15 bits per heavy atom. The maximum absolute atomic E-state index is 5.61. The summed E-state index contributed by atoms with van der Waals surface area (Å²) in [5.74, 6) is 0. The minimum atomic E-state index is 0.387. The van der Waals surface area contributed by atoms with Crippen molar-refractivity contribution in [2.75, 3.05) is 6.54 Å². The molecule has 1 aliphatic rings. The van der Waals surface area contributed by atoms with Gasteiger partial charge in [0.05, 0.1) is 10.7 Å². The lowest BCUT2D eigenvalue weighted by molar-refractivity contribution is 0.623. The van der Waals surface area contributed by atoms with Gasteiger partial charge in [-0.25, -0.2) is 4.98 Å². The zero-order chi connectivity index (χ0) is 9.47. The fourth-order valence-electron chi connectivity index (χ4n) is 1.70. The van der Waals surface area contributed by atoms with Crippen LogP contribution in [0.4, 0.5) is 0 Å². The van der Waals surface area contributed by atoms with Crippen LogP contribution < -0.4 is 5.73 Å². The molecular formula is C10H16N2S. The molecule has 0 amide bonds. The number of rotatable bonds is 3. The number of hydrogen-bond acceptors (Lipinski definition) is 3. The van der Waals surface area contributed by atoms with Crippen LogP contribution in [0.1, 0.15) is 34.8 Å². The van der Waals surface area contributed by atoms with Crippen molar-refractivity contribution < 1.29 is 0 Å². The number of nitrogens with zero attached hydrogens (tertiary/aromatic N) is 1. The Kier molecular flexibility index (Phi) is 2.16. The molecule has 1 heterocycles. The number of thiazole rings is 1. The monoisotopic (exact) mass is 196 g/mol. The highest BCUT2D eigenvalue weighted by Gasteiger charge is 2.45. The van der Waals surface area contributed by atoms with Crippen molar-refractivity contribution in [2.45, 2.75) is 38.5 Å². The molecule has 3 heteroatoms. The molecule has 1 aromatic heterocycles. The summed E-state index contributed by atoms with van der Waals surface area (Å²) in [7, 11) is 0. The Labute approximate surface area is 83.2 Å². The second kappa shape index (κ2) is 3.07. The molecule has 2 N–H and O–H groups in total. The van der Waals surface area contributed by atoms with E-state index < -0.39 is 0 Å². The first-order valence-electron chi connectivity index (χ1n) is 4.82. The second-order valence-electron chi connectivity index (χ2n) is 3.98. The fourth-order valence-corrected chi connectivity index (χ4v) is 2.89. The Balaban J connectivity index is 2.25. The molecule has 0 unspecified atom stereocenters. The summed E-state index contributed by atoms with van der Waals surface area (Å²) in [6.07, 6.45) is 3.69. The standard InChI is InChI=1S/C10H16N2S/c1-7-8(2)13-9(12-7)10(3-4-10)5-6-11/h3-6,11H2,1-2H3. The molecule has 0 atom stereocenters. The third-order valence-corrected chi connectivity index (χ3v) is 4.28. The predicted octanol–water partition coefficient (Wildman–Crippen LogP) is 2.14. The predicted molar refractivity (Wildman–Crippen MR) is 56.2 cm³/mol. The first kappa shape index (κ1) is 9.16. The Hall–Kier alpha value is -0.410. The highest BCUT2D eigenvalue weighted by molar-refractivity contribution is 7.11. The van der Waals surface area contributed by atoms with Crippen molar-refractivity contribution in [3.63, 3.8) is 0 Å². The van der Waals surface area contributed by atoms with Crippen LogP contribution in [0, 0.1) is 13.8 Å². The molecule has 2 nitrogen and oxygen atoms in total.